The van der Waals surface area contributed by atoms with Gasteiger partial charge in [0.25, 0.3) is 7.52 Å². The van der Waals surface area contributed by atoms with Crippen LogP contribution in [0.25, 0.3) is 0 Å². The highest BCUT2D eigenvalue weighted by atomic mass is 31.2. The quantitative estimate of drug-likeness (QED) is 0.206. The average molecular weight is 442 g/mol. The van der Waals surface area contributed by atoms with Gasteiger partial charge in [-0.2, -0.15) is 0 Å². The minimum atomic E-state index is -2.71. The normalized spacial score (nSPS) is 16.6. The number of nitrogens with zero attached hydrogens (tertiary/aromatic N) is 1. The van der Waals surface area contributed by atoms with Crippen LogP contribution in [-0.4, -0.2) is 30.2 Å². The summed E-state index contributed by atoms with van der Waals surface area (Å²) in [5, 5.41) is 0. The molecule has 1 heterocycles. The molecular weight excluding hydrogens is 405 g/mol. The van der Waals surface area contributed by atoms with Crippen molar-refractivity contribution < 1.29 is 13.9 Å². The maximum atomic E-state index is 12.8. The first-order chi connectivity index (χ1) is 14.8. The Kier molecular flexibility index (Phi) is 8.27. The third-order valence-electron chi connectivity index (χ3n) is 5.91. The van der Waals surface area contributed by atoms with Gasteiger partial charge >= 0.3 is 0 Å². The van der Waals surface area contributed by atoms with E-state index in [1.807, 2.05) is 29.8 Å². The summed E-state index contributed by atoms with van der Waals surface area (Å²) in [6.45, 7) is 9.70. The van der Waals surface area contributed by atoms with Gasteiger partial charge in [0, 0.05) is 31.7 Å². The van der Waals surface area contributed by atoms with Gasteiger partial charge in [-0.05, 0) is 54.5 Å². The van der Waals surface area contributed by atoms with Crippen molar-refractivity contribution in [1.82, 2.24) is 4.67 Å². The van der Waals surface area contributed by atoms with Crippen molar-refractivity contribution in [3.05, 3.63) is 70.3 Å². The molecule has 2 aromatic carbocycles. The number of Topliss-reactive ketones (excluding diaryl/α,β-unsaturated/α-hetero) is 1. The molecule has 0 saturated carbocycles. The van der Waals surface area contributed by atoms with Gasteiger partial charge < -0.3 is 4.52 Å². The van der Waals surface area contributed by atoms with Crippen molar-refractivity contribution in [1.29, 1.82) is 0 Å². The first-order valence-electron chi connectivity index (χ1n) is 11.6. The smallest absolute Gasteiger partial charge is 0.270 e. The summed E-state index contributed by atoms with van der Waals surface area (Å²) in [4.78, 5) is 12.5. The third-order valence-corrected chi connectivity index (χ3v) is 8.05. The van der Waals surface area contributed by atoms with E-state index < -0.39 is 7.52 Å². The number of ketones is 1. The fraction of sp³-hybridized carbons (Fsp3) is 0.500. The number of carbonyl (C=O) groups is 1. The Bertz CT molecular complexity index is 951. The van der Waals surface area contributed by atoms with Crippen molar-refractivity contribution in [3.63, 3.8) is 0 Å². The van der Waals surface area contributed by atoms with Gasteiger partial charge in [0.05, 0.1) is 6.10 Å². The van der Waals surface area contributed by atoms with Crippen LogP contribution in [-0.2, 0) is 21.9 Å². The summed E-state index contributed by atoms with van der Waals surface area (Å²) >= 11 is 0. The summed E-state index contributed by atoms with van der Waals surface area (Å²) in [6.07, 6.45) is 5.21. The number of rotatable bonds is 12. The molecule has 2 aromatic rings. The first-order valence-corrected chi connectivity index (χ1v) is 13.6. The Morgan fingerprint density at radius 2 is 1.87 bits per heavy atom. The molecule has 3 rings (SSSR count). The molecule has 0 aliphatic carbocycles. The highest BCUT2D eigenvalue weighted by Gasteiger charge is 2.36. The summed E-state index contributed by atoms with van der Waals surface area (Å²) in [5.41, 5.74) is 5.59. The Hall–Kier alpha value is -1.74. The largest absolute Gasteiger partial charge is 0.310 e. The van der Waals surface area contributed by atoms with Crippen LogP contribution >= 0.6 is 7.52 Å². The molecule has 0 spiro atoms. The molecule has 2 atom stereocenters. The average Bonchev–Trinajstić information content (AvgIpc) is 3.59. The summed E-state index contributed by atoms with van der Waals surface area (Å²) in [6, 6.07) is 14.5. The lowest BCUT2D eigenvalue weighted by atomic mass is 9.93. The van der Waals surface area contributed by atoms with Crippen LogP contribution in [0.15, 0.2) is 42.5 Å². The van der Waals surface area contributed by atoms with Gasteiger partial charge in [-0.15, -0.1) is 0 Å². The molecule has 31 heavy (non-hydrogen) atoms. The zero-order valence-electron chi connectivity index (χ0n) is 19.4. The minimum Gasteiger partial charge on any atom is -0.310 e. The summed E-state index contributed by atoms with van der Waals surface area (Å²) in [5.74, 6) is 0.224. The van der Waals surface area contributed by atoms with Crippen molar-refractivity contribution in [2.75, 3.05) is 19.8 Å². The van der Waals surface area contributed by atoms with Crippen molar-refractivity contribution in [2.45, 2.75) is 65.4 Å². The van der Waals surface area contributed by atoms with Gasteiger partial charge in [-0.25, -0.2) is 4.67 Å². The molecule has 0 bridgehead atoms. The van der Waals surface area contributed by atoms with E-state index in [2.05, 4.69) is 38.1 Å². The molecule has 0 amide bonds. The first kappa shape index (κ1) is 23.9. The lowest BCUT2D eigenvalue weighted by molar-refractivity contribution is 0.0979. The standard InChI is InChI=1S/C26H36NO3P/c1-5-7-12-26(28)24-11-8-10-21(17-24)18-25-19-23(14-13-22(25)9-6-2)20(3)30-31(4,29)27-15-16-27/h8,10-11,13-14,17,19-20H,5-7,9,12,15-16,18H2,1-4H3. The highest BCUT2D eigenvalue weighted by Crippen LogP contribution is 2.54. The fourth-order valence-electron chi connectivity index (χ4n) is 3.96. The van der Waals surface area contributed by atoms with E-state index in [1.54, 1.807) is 6.66 Å². The molecule has 0 N–H and O–H groups in total. The summed E-state index contributed by atoms with van der Waals surface area (Å²) in [7, 11) is -2.71. The number of hydrogen-bond donors (Lipinski definition) is 0. The Labute approximate surface area is 187 Å². The molecule has 168 valence electrons. The topological polar surface area (TPSA) is 46.4 Å². The Morgan fingerprint density at radius 3 is 2.55 bits per heavy atom. The molecular formula is C26H36NO3P. The Balaban J connectivity index is 1.81. The number of hydrogen-bond acceptors (Lipinski definition) is 3. The molecule has 1 aliphatic rings. The molecule has 0 radical (unpaired) electrons. The van der Waals surface area contributed by atoms with Crippen LogP contribution in [0.4, 0.5) is 0 Å². The van der Waals surface area contributed by atoms with E-state index in [0.717, 1.165) is 61.9 Å². The third kappa shape index (κ3) is 6.62. The van der Waals surface area contributed by atoms with Crippen LogP contribution in [0.1, 0.15) is 85.2 Å². The van der Waals surface area contributed by atoms with Crippen LogP contribution < -0.4 is 0 Å². The molecule has 1 saturated heterocycles. The lowest BCUT2D eigenvalue weighted by Gasteiger charge is -2.21. The van der Waals surface area contributed by atoms with E-state index in [1.165, 1.54) is 11.1 Å². The molecule has 1 fully saturated rings. The highest BCUT2D eigenvalue weighted by molar-refractivity contribution is 7.55. The number of aryl methyl sites for hydroxylation is 1. The van der Waals surface area contributed by atoms with Gasteiger partial charge in [0.1, 0.15) is 0 Å². The molecule has 1 aliphatic heterocycles. The zero-order chi connectivity index (χ0) is 22.4. The number of carbonyl (C=O) groups excluding carboxylic acids is 1. The van der Waals surface area contributed by atoms with E-state index in [9.17, 15) is 9.36 Å². The second-order valence-corrected chi connectivity index (χ2v) is 11.1. The fourth-order valence-corrected chi connectivity index (χ4v) is 5.62. The van der Waals surface area contributed by atoms with Crippen LogP contribution in [0.2, 0.25) is 0 Å². The van der Waals surface area contributed by atoms with Crippen molar-refractivity contribution in [3.8, 4) is 0 Å². The van der Waals surface area contributed by atoms with Crippen LogP contribution in [0.3, 0.4) is 0 Å². The maximum absolute atomic E-state index is 12.8. The zero-order valence-corrected chi connectivity index (χ0v) is 20.3. The van der Waals surface area contributed by atoms with E-state index in [0.29, 0.717) is 6.42 Å². The molecule has 5 heteroatoms. The number of unbranched alkanes of at least 4 members (excludes halogenated alkanes) is 1. The SMILES string of the molecule is CCCCC(=O)c1cccc(Cc2cc(C(C)OP(C)(=O)N3CC3)ccc2CCC)c1. The molecule has 4 nitrogen and oxygen atoms in total. The predicted molar refractivity (Wildman–Crippen MR) is 128 cm³/mol. The van der Waals surface area contributed by atoms with Gasteiger partial charge in [0.15, 0.2) is 5.78 Å². The predicted octanol–water partition coefficient (Wildman–Crippen LogP) is 6.82. The van der Waals surface area contributed by atoms with E-state index in [-0.39, 0.29) is 11.9 Å². The number of benzene rings is 2. The Morgan fingerprint density at radius 1 is 1.10 bits per heavy atom. The van der Waals surface area contributed by atoms with Gasteiger partial charge in [0.2, 0.25) is 0 Å². The van der Waals surface area contributed by atoms with Crippen LogP contribution in [0, 0.1) is 0 Å². The minimum absolute atomic E-state index is 0.224. The maximum Gasteiger partial charge on any atom is 0.270 e. The second-order valence-electron chi connectivity index (χ2n) is 8.69. The van der Waals surface area contributed by atoms with Crippen molar-refractivity contribution in [2.24, 2.45) is 0 Å². The van der Waals surface area contributed by atoms with Crippen LogP contribution in [0.5, 0.6) is 0 Å². The molecule has 2 unspecified atom stereocenters. The monoisotopic (exact) mass is 441 g/mol. The summed E-state index contributed by atoms with van der Waals surface area (Å²) < 4.78 is 20.6. The lowest BCUT2D eigenvalue weighted by Crippen LogP contribution is -2.05. The van der Waals surface area contributed by atoms with Gasteiger partial charge in [-0.3, -0.25) is 9.36 Å². The molecule has 0 aromatic heterocycles. The second kappa shape index (κ2) is 10.7. The van der Waals surface area contributed by atoms with E-state index >= 15 is 0 Å². The van der Waals surface area contributed by atoms with Gasteiger partial charge in [-0.1, -0.05) is 63.1 Å². The van der Waals surface area contributed by atoms with Crippen molar-refractivity contribution >= 4 is 13.3 Å². The van der Waals surface area contributed by atoms with E-state index in [4.69, 9.17) is 4.52 Å².